The third kappa shape index (κ3) is 1.48. The summed E-state index contributed by atoms with van der Waals surface area (Å²) in [6.45, 7) is 5.45. The lowest BCUT2D eigenvalue weighted by atomic mass is 9.87. The molecule has 2 atom stereocenters. The number of hydrogen-bond donors (Lipinski definition) is 1. The van der Waals surface area contributed by atoms with E-state index in [1.54, 1.807) is 0 Å². The van der Waals surface area contributed by atoms with Crippen LogP contribution in [-0.2, 0) is 0 Å². The molecule has 4 nitrogen and oxygen atoms in total. The summed E-state index contributed by atoms with van der Waals surface area (Å²) in [5, 5.41) is 0. The standard InChI is InChI=1S/C16H22N4/c1-12-5-2-3-6-13(12)20-15(17)18-11-16(20)8-10-19-9-4-7-14(16)19/h2-3,5-6,14H,4,7-11H2,1H3,(H2,17,18). The van der Waals surface area contributed by atoms with Crippen LogP contribution in [0.4, 0.5) is 5.69 Å². The number of benzene rings is 1. The van der Waals surface area contributed by atoms with Crippen molar-refractivity contribution in [2.45, 2.75) is 37.8 Å². The van der Waals surface area contributed by atoms with E-state index in [1.807, 2.05) is 0 Å². The number of nitrogens with two attached hydrogens (primary N) is 1. The van der Waals surface area contributed by atoms with Gasteiger partial charge in [-0.15, -0.1) is 0 Å². The first kappa shape index (κ1) is 12.2. The molecule has 1 aromatic carbocycles. The zero-order chi connectivity index (χ0) is 13.7. The Morgan fingerprint density at radius 3 is 3.00 bits per heavy atom. The molecule has 0 aliphatic carbocycles. The number of nitrogens with zero attached hydrogens (tertiary/aromatic N) is 3. The fraction of sp³-hybridized carbons (Fsp3) is 0.562. The van der Waals surface area contributed by atoms with Gasteiger partial charge in [0, 0.05) is 18.3 Å². The van der Waals surface area contributed by atoms with Crippen LogP contribution in [-0.4, -0.2) is 42.1 Å². The molecule has 2 N–H and O–H groups in total. The molecule has 3 aliphatic heterocycles. The minimum Gasteiger partial charge on any atom is -0.369 e. The summed E-state index contributed by atoms with van der Waals surface area (Å²) in [6, 6.07) is 9.15. The van der Waals surface area contributed by atoms with Crippen LogP contribution in [0.2, 0.25) is 0 Å². The van der Waals surface area contributed by atoms with Gasteiger partial charge in [-0.3, -0.25) is 9.89 Å². The Bertz CT molecular complexity index is 567. The van der Waals surface area contributed by atoms with Crippen molar-refractivity contribution in [1.29, 1.82) is 0 Å². The van der Waals surface area contributed by atoms with Crippen molar-refractivity contribution >= 4 is 11.6 Å². The summed E-state index contributed by atoms with van der Waals surface area (Å²) in [5.41, 5.74) is 8.90. The molecule has 1 spiro atoms. The highest BCUT2D eigenvalue weighted by Gasteiger charge is 2.56. The normalized spacial score (nSPS) is 33.0. The quantitative estimate of drug-likeness (QED) is 0.845. The Hall–Kier alpha value is -1.55. The van der Waals surface area contributed by atoms with Crippen molar-refractivity contribution in [2.24, 2.45) is 10.7 Å². The van der Waals surface area contributed by atoms with Gasteiger partial charge in [0.15, 0.2) is 5.96 Å². The van der Waals surface area contributed by atoms with Gasteiger partial charge < -0.3 is 10.6 Å². The minimum atomic E-state index is 0.104. The number of para-hydroxylation sites is 1. The fourth-order valence-corrected chi connectivity index (χ4v) is 4.42. The van der Waals surface area contributed by atoms with E-state index in [1.165, 1.54) is 43.6 Å². The van der Waals surface area contributed by atoms with Crippen LogP contribution in [0.15, 0.2) is 29.3 Å². The summed E-state index contributed by atoms with van der Waals surface area (Å²) >= 11 is 0. The van der Waals surface area contributed by atoms with Crippen LogP contribution in [0.1, 0.15) is 24.8 Å². The Kier molecular flexibility index (Phi) is 2.58. The second-order valence-electron chi connectivity index (χ2n) is 6.34. The lowest BCUT2D eigenvalue weighted by Gasteiger charge is -2.41. The van der Waals surface area contributed by atoms with Gasteiger partial charge in [-0.2, -0.15) is 0 Å². The summed E-state index contributed by atoms with van der Waals surface area (Å²) in [5.74, 6) is 0.702. The Morgan fingerprint density at radius 1 is 1.30 bits per heavy atom. The minimum absolute atomic E-state index is 0.104. The number of fused-ring (bicyclic) bond motifs is 2. The van der Waals surface area contributed by atoms with E-state index < -0.39 is 0 Å². The summed E-state index contributed by atoms with van der Waals surface area (Å²) in [7, 11) is 0. The molecule has 3 aliphatic rings. The van der Waals surface area contributed by atoms with Gasteiger partial charge in [0.25, 0.3) is 0 Å². The maximum Gasteiger partial charge on any atom is 0.196 e. The first-order valence-corrected chi connectivity index (χ1v) is 7.62. The zero-order valence-electron chi connectivity index (χ0n) is 12.0. The van der Waals surface area contributed by atoms with Gasteiger partial charge in [0.05, 0.1) is 12.1 Å². The Balaban J connectivity index is 1.80. The summed E-state index contributed by atoms with van der Waals surface area (Å²) in [6.07, 6.45) is 3.77. The molecule has 106 valence electrons. The molecule has 3 heterocycles. The van der Waals surface area contributed by atoms with E-state index in [4.69, 9.17) is 5.73 Å². The van der Waals surface area contributed by atoms with Crippen LogP contribution in [0, 0.1) is 6.92 Å². The Labute approximate surface area is 120 Å². The highest BCUT2D eigenvalue weighted by molar-refractivity contribution is 5.99. The number of anilines is 1. The number of aliphatic imine (C=N–C) groups is 1. The third-order valence-corrected chi connectivity index (χ3v) is 5.36. The highest BCUT2D eigenvalue weighted by atomic mass is 15.4. The lowest BCUT2D eigenvalue weighted by Crippen LogP contribution is -2.58. The van der Waals surface area contributed by atoms with Crippen molar-refractivity contribution in [2.75, 3.05) is 24.5 Å². The average Bonchev–Trinajstić information content (AvgIpc) is 3.10. The van der Waals surface area contributed by atoms with Crippen molar-refractivity contribution in [3.05, 3.63) is 29.8 Å². The van der Waals surface area contributed by atoms with Crippen molar-refractivity contribution < 1.29 is 0 Å². The number of guanidine groups is 1. The maximum absolute atomic E-state index is 6.27. The van der Waals surface area contributed by atoms with E-state index in [9.17, 15) is 0 Å². The number of aryl methyl sites for hydroxylation is 1. The Morgan fingerprint density at radius 2 is 2.15 bits per heavy atom. The van der Waals surface area contributed by atoms with Crippen LogP contribution < -0.4 is 10.6 Å². The number of rotatable bonds is 1. The van der Waals surface area contributed by atoms with Crippen LogP contribution in [0.5, 0.6) is 0 Å². The first-order chi connectivity index (χ1) is 9.72. The average molecular weight is 270 g/mol. The summed E-state index contributed by atoms with van der Waals surface area (Å²) < 4.78 is 0. The SMILES string of the molecule is Cc1ccccc1N1C(N)=NCC12CCN1CCCC12. The molecule has 20 heavy (non-hydrogen) atoms. The monoisotopic (exact) mass is 270 g/mol. The zero-order valence-corrected chi connectivity index (χ0v) is 12.0. The topological polar surface area (TPSA) is 44.9 Å². The van der Waals surface area contributed by atoms with Crippen LogP contribution in [0.25, 0.3) is 0 Å². The van der Waals surface area contributed by atoms with Gasteiger partial charge in [0.2, 0.25) is 0 Å². The fourth-order valence-electron chi connectivity index (χ4n) is 4.42. The summed E-state index contributed by atoms with van der Waals surface area (Å²) in [4.78, 5) is 9.61. The van der Waals surface area contributed by atoms with E-state index in [0.29, 0.717) is 12.0 Å². The molecule has 2 fully saturated rings. The van der Waals surface area contributed by atoms with E-state index >= 15 is 0 Å². The third-order valence-electron chi connectivity index (χ3n) is 5.36. The second kappa shape index (κ2) is 4.22. The van der Waals surface area contributed by atoms with Crippen molar-refractivity contribution in [1.82, 2.24) is 4.90 Å². The molecule has 1 aromatic rings. The number of hydrogen-bond acceptors (Lipinski definition) is 4. The molecule has 0 bridgehead atoms. The van der Waals surface area contributed by atoms with Gasteiger partial charge in [-0.05, 0) is 44.4 Å². The van der Waals surface area contributed by atoms with Gasteiger partial charge in [-0.25, -0.2) is 0 Å². The molecule has 0 radical (unpaired) electrons. The predicted octanol–water partition coefficient (Wildman–Crippen LogP) is 1.74. The van der Waals surface area contributed by atoms with Crippen molar-refractivity contribution in [3.63, 3.8) is 0 Å². The van der Waals surface area contributed by atoms with Crippen LogP contribution in [0.3, 0.4) is 0 Å². The van der Waals surface area contributed by atoms with E-state index in [2.05, 4.69) is 46.0 Å². The van der Waals surface area contributed by atoms with Crippen LogP contribution >= 0.6 is 0 Å². The molecule has 0 aromatic heterocycles. The van der Waals surface area contributed by atoms with Gasteiger partial charge in [-0.1, -0.05) is 18.2 Å². The first-order valence-electron chi connectivity index (χ1n) is 7.62. The van der Waals surface area contributed by atoms with Gasteiger partial charge in [0.1, 0.15) is 0 Å². The van der Waals surface area contributed by atoms with E-state index in [0.717, 1.165) is 6.54 Å². The molecule has 4 heteroatoms. The lowest BCUT2D eigenvalue weighted by molar-refractivity contribution is 0.274. The maximum atomic E-state index is 6.27. The van der Waals surface area contributed by atoms with E-state index in [-0.39, 0.29) is 5.54 Å². The van der Waals surface area contributed by atoms with Crippen molar-refractivity contribution in [3.8, 4) is 0 Å². The molecule has 2 saturated heterocycles. The largest absolute Gasteiger partial charge is 0.369 e. The predicted molar refractivity (Wildman–Crippen MR) is 82.1 cm³/mol. The smallest absolute Gasteiger partial charge is 0.196 e. The highest BCUT2D eigenvalue weighted by Crippen LogP contribution is 2.45. The molecular formula is C16H22N4. The molecule has 2 unspecified atom stereocenters. The second-order valence-corrected chi connectivity index (χ2v) is 6.34. The molecular weight excluding hydrogens is 248 g/mol. The molecule has 0 amide bonds. The molecule has 4 rings (SSSR count). The molecule has 0 saturated carbocycles. The van der Waals surface area contributed by atoms with Gasteiger partial charge >= 0.3 is 0 Å².